The third-order valence-electron chi connectivity index (χ3n) is 3.74. The second kappa shape index (κ2) is 4.63. The van der Waals surface area contributed by atoms with Crippen molar-refractivity contribution in [2.45, 2.75) is 61.8 Å². The van der Waals surface area contributed by atoms with Crippen molar-refractivity contribution in [1.82, 2.24) is 0 Å². The van der Waals surface area contributed by atoms with Gasteiger partial charge in [0.2, 0.25) is 0 Å². The van der Waals surface area contributed by atoms with Gasteiger partial charge in [-0.2, -0.15) is 0 Å². The van der Waals surface area contributed by atoms with E-state index in [1.807, 2.05) is 0 Å². The van der Waals surface area contributed by atoms with Crippen molar-refractivity contribution in [3.8, 4) is 0 Å². The van der Waals surface area contributed by atoms with Crippen LogP contribution in [0.3, 0.4) is 0 Å². The number of hydrogen-bond acceptors (Lipinski definition) is 0. The van der Waals surface area contributed by atoms with E-state index in [9.17, 15) is 0 Å². The van der Waals surface area contributed by atoms with E-state index in [1.54, 1.807) is 11.1 Å². The lowest BCUT2D eigenvalue weighted by Gasteiger charge is -2.41. The van der Waals surface area contributed by atoms with Gasteiger partial charge in [0.05, 0.1) is 0 Å². The molecule has 0 atom stereocenters. The average molecular weight is 234 g/mol. The molecule has 0 saturated carbocycles. The highest BCUT2D eigenvalue weighted by atomic mass is 14.4. The van der Waals surface area contributed by atoms with E-state index < -0.39 is 0 Å². The first kappa shape index (κ1) is 14.5. The van der Waals surface area contributed by atoms with E-state index >= 15 is 0 Å². The molecule has 0 fully saturated rings. The summed E-state index contributed by atoms with van der Waals surface area (Å²) in [6.07, 6.45) is 6.03. The van der Waals surface area contributed by atoms with Crippen molar-refractivity contribution in [3.05, 3.63) is 23.3 Å². The summed E-state index contributed by atoms with van der Waals surface area (Å²) in [6, 6.07) is 0. The van der Waals surface area contributed by atoms with Gasteiger partial charge in [0.25, 0.3) is 0 Å². The van der Waals surface area contributed by atoms with Gasteiger partial charge in [-0.05, 0) is 23.2 Å². The van der Waals surface area contributed by atoms with Crippen molar-refractivity contribution in [2.75, 3.05) is 0 Å². The molecule has 1 rings (SSSR count). The molecule has 0 saturated heterocycles. The van der Waals surface area contributed by atoms with E-state index in [4.69, 9.17) is 0 Å². The molecule has 0 radical (unpaired) electrons. The Morgan fingerprint density at radius 3 is 1.47 bits per heavy atom. The first-order valence-corrected chi connectivity index (χ1v) is 6.96. The van der Waals surface area contributed by atoms with Crippen LogP contribution in [0, 0.1) is 22.7 Å². The zero-order chi connectivity index (χ0) is 13.4. The first-order chi connectivity index (χ1) is 7.55. The molecule has 0 nitrogen and oxygen atoms in total. The van der Waals surface area contributed by atoms with Gasteiger partial charge in [-0.1, -0.05) is 78.7 Å². The van der Waals surface area contributed by atoms with Crippen molar-refractivity contribution < 1.29 is 0 Å². The van der Waals surface area contributed by atoms with Gasteiger partial charge in [-0.3, -0.25) is 0 Å². The Labute approximate surface area is 108 Å². The SMILES string of the molecule is CC(C)C1C(C(C)(C)C)=CCC=C1C(C)(C)C. The molecule has 17 heavy (non-hydrogen) atoms. The van der Waals surface area contributed by atoms with Crippen molar-refractivity contribution in [3.63, 3.8) is 0 Å². The molecule has 0 heteroatoms. The van der Waals surface area contributed by atoms with Crippen LogP contribution in [0.2, 0.25) is 0 Å². The quantitative estimate of drug-likeness (QED) is 0.517. The molecule has 0 aromatic heterocycles. The molecule has 1 aliphatic carbocycles. The summed E-state index contributed by atoms with van der Waals surface area (Å²) in [4.78, 5) is 0. The normalized spacial score (nSPS) is 19.4. The van der Waals surface area contributed by atoms with Gasteiger partial charge in [0, 0.05) is 5.92 Å². The molecule has 0 spiro atoms. The van der Waals surface area contributed by atoms with Crippen LogP contribution in [-0.4, -0.2) is 0 Å². The second-order valence-electron chi connectivity index (χ2n) is 7.78. The van der Waals surface area contributed by atoms with Crippen LogP contribution in [0.15, 0.2) is 23.3 Å². The minimum absolute atomic E-state index is 0.291. The molecule has 98 valence electrons. The fourth-order valence-corrected chi connectivity index (χ4v) is 3.00. The molecule has 0 amide bonds. The zero-order valence-electron chi connectivity index (χ0n) is 13.0. The van der Waals surface area contributed by atoms with E-state index in [2.05, 4.69) is 67.5 Å². The molecular weight excluding hydrogens is 204 g/mol. The number of rotatable bonds is 1. The fourth-order valence-electron chi connectivity index (χ4n) is 3.00. The molecule has 0 heterocycles. The molecule has 0 bridgehead atoms. The average Bonchev–Trinajstić information content (AvgIpc) is 2.13. The highest BCUT2D eigenvalue weighted by molar-refractivity contribution is 5.34. The zero-order valence-corrected chi connectivity index (χ0v) is 13.0. The molecule has 0 aliphatic heterocycles. The van der Waals surface area contributed by atoms with Crippen LogP contribution in [-0.2, 0) is 0 Å². The maximum absolute atomic E-state index is 2.46. The Morgan fingerprint density at radius 2 is 1.24 bits per heavy atom. The molecule has 1 aliphatic rings. The minimum atomic E-state index is 0.291. The summed E-state index contributed by atoms with van der Waals surface area (Å²) in [5.41, 5.74) is 3.86. The summed E-state index contributed by atoms with van der Waals surface area (Å²) < 4.78 is 0. The minimum Gasteiger partial charge on any atom is -0.0804 e. The molecule has 0 aromatic rings. The summed E-state index contributed by atoms with van der Waals surface area (Å²) >= 11 is 0. The predicted octanol–water partition coefficient (Wildman–Crippen LogP) is 5.61. The summed E-state index contributed by atoms with van der Waals surface area (Å²) in [5, 5.41) is 0. The van der Waals surface area contributed by atoms with Gasteiger partial charge >= 0.3 is 0 Å². The van der Waals surface area contributed by atoms with Crippen molar-refractivity contribution in [2.24, 2.45) is 22.7 Å². The van der Waals surface area contributed by atoms with Crippen LogP contribution in [0.25, 0.3) is 0 Å². The lowest BCUT2D eigenvalue weighted by molar-refractivity contribution is 0.330. The largest absolute Gasteiger partial charge is 0.0804 e. The van der Waals surface area contributed by atoms with Gasteiger partial charge in [0.1, 0.15) is 0 Å². The highest BCUT2D eigenvalue weighted by Crippen LogP contribution is 2.47. The van der Waals surface area contributed by atoms with Crippen molar-refractivity contribution >= 4 is 0 Å². The van der Waals surface area contributed by atoms with Gasteiger partial charge in [-0.15, -0.1) is 0 Å². The van der Waals surface area contributed by atoms with E-state index in [1.165, 1.54) is 0 Å². The van der Waals surface area contributed by atoms with Gasteiger partial charge in [-0.25, -0.2) is 0 Å². The lowest BCUT2D eigenvalue weighted by Crippen LogP contribution is -2.30. The van der Waals surface area contributed by atoms with E-state index in [0.717, 1.165) is 6.42 Å². The van der Waals surface area contributed by atoms with Crippen LogP contribution in [0.4, 0.5) is 0 Å². The smallest absolute Gasteiger partial charge is 0.00406 e. The van der Waals surface area contributed by atoms with Crippen molar-refractivity contribution in [1.29, 1.82) is 0 Å². The molecule has 0 N–H and O–H groups in total. The maximum atomic E-state index is 2.46. The fraction of sp³-hybridized carbons (Fsp3) is 0.765. The van der Waals surface area contributed by atoms with Crippen LogP contribution in [0.5, 0.6) is 0 Å². The molecular formula is C17H30. The monoisotopic (exact) mass is 234 g/mol. The Morgan fingerprint density at radius 1 is 0.882 bits per heavy atom. The van der Waals surface area contributed by atoms with Crippen LogP contribution < -0.4 is 0 Å². The number of hydrogen-bond donors (Lipinski definition) is 0. The Kier molecular flexibility index (Phi) is 3.96. The van der Waals surface area contributed by atoms with E-state index in [-0.39, 0.29) is 0 Å². The predicted molar refractivity (Wildman–Crippen MR) is 78.0 cm³/mol. The van der Waals surface area contributed by atoms with Gasteiger partial charge < -0.3 is 0 Å². The van der Waals surface area contributed by atoms with E-state index in [0.29, 0.717) is 22.7 Å². The van der Waals surface area contributed by atoms with Crippen LogP contribution in [0.1, 0.15) is 61.8 Å². The maximum Gasteiger partial charge on any atom is 0.00406 e. The molecule has 0 aromatic carbocycles. The topological polar surface area (TPSA) is 0 Å². The van der Waals surface area contributed by atoms with Gasteiger partial charge in [0.15, 0.2) is 0 Å². The Balaban J connectivity index is 3.18. The Hall–Kier alpha value is -0.520. The highest BCUT2D eigenvalue weighted by Gasteiger charge is 2.35. The second-order valence-corrected chi connectivity index (χ2v) is 7.78. The third-order valence-corrected chi connectivity index (χ3v) is 3.74. The summed E-state index contributed by atoms with van der Waals surface area (Å²) in [5.74, 6) is 1.31. The van der Waals surface area contributed by atoms with Crippen LogP contribution >= 0.6 is 0 Å². The molecule has 0 unspecified atom stereocenters. The Bertz CT molecular complexity index is 296. The third kappa shape index (κ3) is 3.24. The summed E-state index contributed by atoms with van der Waals surface area (Å²) in [7, 11) is 0. The number of allylic oxidation sites excluding steroid dienone is 4. The standard InChI is InChI=1S/C17H30/c1-12(2)15-13(16(3,4)5)10-9-11-14(15)17(6,7)8/h10-12,15H,9H2,1-8H3. The lowest BCUT2D eigenvalue weighted by atomic mass is 9.63. The summed E-state index contributed by atoms with van der Waals surface area (Å²) in [6.45, 7) is 18.8. The first-order valence-electron chi connectivity index (χ1n) is 6.96.